The van der Waals surface area contributed by atoms with Crippen molar-refractivity contribution in [1.82, 2.24) is 20.9 Å². The van der Waals surface area contributed by atoms with E-state index in [1.165, 1.54) is 11.8 Å². The summed E-state index contributed by atoms with van der Waals surface area (Å²) in [4.78, 5) is 49.5. The molecule has 4 N–H and O–H groups in total. The maximum absolute atomic E-state index is 12.5. The van der Waals surface area contributed by atoms with Crippen molar-refractivity contribution in [2.45, 2.75) is 26.3 Å². The molecule has 4 amide bonds. The number of amides is 4. The van der Waals surface area contributed by atoms with Crippen LogP contribution in [0, 0.1) is 0 Å². The Labute approximate surface area is 204 Å². The summed E-state index contributed by atoms with van der Waals surface area (Å²) in [5, 5.41) is 11.4. The third-order valence-corrected chi connectivity index (χ3v) is 5.39. The predicted octanol–water partition coefficient (Wildman–Crippen LogP) is 1.41. The minimum absolute atomic E-state index is 0.0552. The van der Waals surface area contributed by atoms with Gasteiger partial charge in [-0.25, -0.2) is 0 Å². The lowest BCUT2D eigenvalue weighted by molar-refractivity contribution is -0.139. The first-order valence-corrected chi connectivity index (χ1v) is 11.5. The molecule has 1 aliphatic rings. The maximum atomic E-state index is 12.5. The minimum atomic E-state index is -0.298. The molecule has 35 heavy (non-hydrogen) atoms. The average Bonchev–Trinajstić information content (AvgIpc) is 2.84. The van der Waals surface area contributed by atoms with E-state index in [2.05, 4.69) is 21.3 Å². The molecule has 0 aromatic heterocycles. The zero-order valence-electron chi connectivity index (χ0n) is 19.9. The highest BCUT2D eigenvalue weighted by atomic mass is 16.5. The van der Waals surface area contributed by atoms with Gasteiger partial charge in [0.25, 0.3) is 5.91 Å². The van der Waals surface area contributed by atoms with Gasteiger partial charge in [-0.05, 0) is 48.9 Å². The molecule has 1 heterocycles. The van der Waals surface area contributed by atoms with Gasteiger partial charge in [-0.2, -0.15) is 0 Å². The van der Waals surface area contributed by atoms with Crippen LogP contribution in [0.5, 0.6) is 5.75 Å². The molecule has 0 spiro atoms. The fourth-order valence-electron chi connectivity index (χ4n) is 3.64. The molecule has 2 aromatic carbocycles. The number of hydrogen-bond acceptors (Lipinski definition) is 6. The standard InChI is InChI=1S/C25H31N5O5/c1-3-35-21-10-6-18(7-11-21)22-14-24(33)30(16-28-22)15-23(32)26-12-13-27-25(34)19-4-8-20(9-5-19)29-17(2)31/h4-11,22,28H,3,12-16H2,1-2H3,(H,26,32)(H,27,34)(H,29,31). The summed E-state index contributed by atoms with van der Waals surface area (Å²) >= 11 is 0. The van der Waals surface area contributed by atoms with E-state index < -0.39 is 0 Å². The quantitative estimate of drug-likeness (QED) is 0.380. The summed E-state index contributed by atoms with van der Waals surface area (Å²) in [6.07, 6.45) is 0.262. The van der Waals surface area contributed by atoms with Crippen LogP contribution in [0.3, 0.4) is 0 Å². The van der Waals surface area contributed by atoms with Gasteiger partial charge in [0, 0.05) is 43.7 Å². The van der Waals surface area contributed by atoms with Crippen molar-refractivity contribution in [3.63, 3.8) is 0 Å². The molecule has 1 fully saturated rings. The molecule has 10 nitrogen and oxygen atoms in total. The van der Waals surface area contributed by atoms with E-state index in [1.807, 2.05) is 31.2 Å². The number of carbonyl (C=O) groups is 4. The van der Waals surface area contributed by atoms with Gasteiger partial charge in [-0.15, -0.1) is 0 Å². The second-order valence-corrected chi connectivity index (χ2v) is 8.08. The van der Waals surface area contributed by atoms with Gasteiger partial charge in [0.15, 0.2) is 0 Å². The van der Waals surface area contributed by atoms with Crippen molar-refractivity contribution >= 4 is 29.3 Å². The zero-order valence-corrected chi connectivity index (χ0v) is 19.9. The van der Waals surface area contributed by atoms with Crippen molar-refractivity contribution in [1.29, 1.82) is 0 Å². The van der Waals surface area contributed by atoms with Crippen molar-refractivity contribution in [3.8, 4) is 5.75 Å². The van der Waals surface area contributed by atoms with Gasteiger partial charge in [0.1, 0.15) is 12.3 Å². The van der Waals surface area contributed by atoms with Crippen molar-refractivity contribution in [2.75, 3.05) is 38.2 Å². The van der Waals surface area contributed by atoms with Crippen molar-refractivity contribution in [3.05, 3.63) is 59.7 Å². The number of carbonyl (C=O) groups excluding carboxylic acids is 4. The summed E-state index contributed by atoms with van der Waals surface area (Å²) in [5.41, 5.74) is 2.04. The lowest BCUT2D eigenvalue weighted by Crippen LogP contribution is -2.51. The maximum Gasteiger partial charge on any atom is 0.251 e. The highest BCUT2D eigenvalue weighted by Gasteiger charge is 2.27. The molecule has 1 aliphatic heterocycles. The number of nitrogens with zero attached hydrogens (tertiary/aromatic N) is 1. The van der Waals surface area contributed by atoms with Crippen LogP contribution in [-0.4, -0.2) is 61.4 Å². The molecule has 3 rings (SSSR count). The second kappa shape index (κ2) is 12.5. The fourth-order valence-corrected chi connectivity index (χ4v) is 3.64. The van der Waals surface area contributed by atoms with E-state index in [0.717, 1.165) is 11.3 Å². The van der Waals surface area contributed by atoms with E-state index >= 15 is 0 Å². The van der Waals surface area contributed by atoms with Gasteiger partial charge < -0.3 is 25.6 Å². The molecular weight excluding hydrogens is 450 g/mol. The SMILES string of the molecule is CCOc1ccc(C2CC(=O)N(CC(=O)NCCNC(=O)c3ccc(NC(C)=O)cc3)CN2)cc1. The first kappa shape index (κ1) is 25.7. The van der Waals surface area contributed by atoms with Gasteiger partial charge in [-0.3, -0.25) is 24.5 Å². The van der Waals surface area contributed by atoms with Gasteiger partial charge in [-0.1, -0.05) is 12.1 Å². The molecule has 0 bridgehead atoms. The van der Waals surface area contributed by atoms with E-state index in [1.54, 1.807) is 24.3 Å². The average molecular weight is 482 g/mol. The van der Waals surface area contributed by atoms with Crippen LogP contribution >= 0.6 is 0 Å². The van der Waals surface area contributed by atoms with Crippen LogP contribution in [0.4, 0.5) is 5.69 Å². The predicted molar refractivity (Wildman–Crippen MR) is 131 cm³/mol. The van der Waals surface area contributed by atoms with E-state index in [9.17, 15) is 19.2 Å². The first-order chi connectivity index (χ1) is 16.9. The Bertz CT molecular complexity index is 1040. The highest BCUT2D eigenvalue weighted by Crippen LogP contribution is 2.23. The lowest BCUT2D eigenvalue weighted by atomic mass is 10.0. The zero-order chi connectivity index (χ0) is 25.2. The molecule has 2 aromatic rings. The third kappa shape index (κ3) is 7.82. The Morgan fingerprint density at radius 2 is 1.71 bits per heavy atom. The molecule has 0 radical (unpaired) electrons. The summed E-state index contributed by atoms with van der Waals surface area (Å²) in [6.45, 7) is 4.62. The molecule has 1 unspecified atom stereocenters. The molecule has 186 valence electrons. The molecular formula is C25H31N5O5. The first-order valence-electron chi connectivity index (χ1n) is 11.5. The van der Waals surface area contributed by atoms with Gasteiger partial charge in [0.2, 0.25) is 17.7 Å². The Morgan fingerprint density at radius 1 is 1.03 bits per heavy atom. The number of nitrogens with one attached hydrogen (secondary N) is 4. The van der Waals surface area contributed by atoms with Crippen molar-refractivity contribution in [2.24, 2.45) is 0 Å². The molecule has 1 atom stereocenters. The monoisotopic (exact) mass is 481 g/mol. The molecule has 10 heteroatoms. The van der Waals surface area contributed by atoms with Crippen LogP contribution in [0.25, 0.3) is 0 Å². The normalized spacial score (nSPS) is 15.3. The minimum Gasteiger partial charge on any atom is -0.494 e. The molecule has 0 aliphatic carbocycles. The van der Waals surface area contributed by atoms with Crippen LogP contribution in [0.1, 0.15) is 42.2 Å². The fraction of sp³-hybridized carbons (Fsp3) is 0.360. The number of hydrogen-bond donors (Lipinski definition) is 4. The van der Waals surface area contributed by atoms with Crippen LogP contribution in [-0.2, 0) is 14.4 Å². The number of anilines is 1. The number of rotatable bonds is 10. The highest BCUT2D eigenvalue weighted by molar-refractivity contribution is 5.95. The summed E-state index contributed by atoms with van der Waals surface area (Å²) in [6, 6.07) is 14.0. The Hall–Kier alpha value is -3.92. The van der Waals surface area contributed by atoms with E-state index in [4.69, 9.17) is 4.74 Å². The Morgan fingerprint density at radius 3 is 2.34 bits per heavy atom. The molecule has 0 saturated carbocycles. The third-order valence-electron chi connectivity index (χ3n) is 5.39. The van der Waals surface area contributed by atoms with E-state index in [0.29, 0.717) is 17.9 Å². The Kier molecular flexibility index (Phi) is 9.19. The van der Waals surface area contributed by atoms with Gasteiger partial charge in [0.05, 0.1) is 13.3 Å². The van der Waals surface area contributed by atoms with Crippen LogP contribution < -0.4 is 26.0 Å². The summed E-state index contributed by atoms with van der Waals surface area (Å²) in [7, 11) is 0. The summed E-state index contributed by atoms with van der Waals surface area (Å²) in [5.74, 6) is -0.0908. The Balaban J connectivity index is 1.36. The van der Waals surface area contributed by atoms with Crippen LogP contribution in [0.2, 0.25) is 0 Å². The largest absolute Gasteiger partial charge is 0.494 e. The van der Waals surface area contributed by atoms with Crippen LogP contribution in [0.15, 0.2) is 48.5 Å². The number of ether oxygens (including phenoxy) is 1. The number of benzene rings is 2. The van der Waals surface area contributed by atoms with Gasteiger partial charge >= 0.3 is 0 Å². The lowest BCUT2D eigenvalue weighted by Gasteiger charge is -2.32. The van der Waals surface area contributed by atoms with Crippen molar-refractivity contribution < 1.29 is 23.9 Å². The molecule has 1 saturated heterocycles. The smallest absolute Gasteiger partial charge is 0.251 e. The second-order valence-electron chi connectivity index (χ2n) is 8.08. The summed E-state index contributed by atoms with van der Waals surface area (Å²) < 4.78 is 5.45. The topological polar surface area (TPSA) is 129 Å². The van der Waals surface area contributed by atoms with E-state index in [-0.39, 0.29) is 62.4 Å².